The van der Waals surface area contributed by atoms with E-state index in [4.69, 9.17) is 16.3 Å². The van der Waals surface area contributed by atoms with Crippen molar-refractivity contribution in [1.82, 2.24) is 9.78 Å². The van der Waals surface area contributed by atoms with Crippen LogP contribution in [0.5, 0.6) is 5.75 Å². The minimum Gasteiger partial charge on any atom is -0.495 e. The molecule has 150 valence electrons. The van der Waals surface area contributed by atoms with Gasteiger partial charge >= 0.3 is 0 Å². The first-order valence-corrected chi connectivity index (χ1v) is 10.1. The Balaban J connectivity index is 1.60. The maximum atomic E-state index is 13.3. The molecule has 5 nitrogen and oxygen atoms in total. The maximum Gasteiger partial charge on any atom is 0.258 e. The summed E-state index contributed by atoms with van der Waals surface area (Å²) < 4.78 is 7.49. The molecule has 0 saturated heterocycles. The summed E-state index contributed by atoms with van der Waals surface area (Å²) in [7, 11) is 1.62. The Morgan fingerprint density at radius 2 is 1.93 bits per heavy atom. The Labute approximate surface area is 175 Å². The molecule has 6 heteroatoms. The average molecular weight is 410 g/mol. The molecule has 0 radical (unpaired) electrons. The molecule has 4 rings (SSSR count). The molecule has 0 atom stereocenters. The maximum absolute atomic E-state index is 13.3. The van der Waals surface area contributed by atoms with E-state index in [0.717, 1.165) is 41.0 Å². The lowest BCUT2D eigenvalue weighted by Gasteiger charge is -2.31. The number of hydrogen-bond acceptors (Lipinski definition) is 3. The van der Waals surface area contributed by atoms with Gasteiger partial charge in [-0.15, -0.1) is 0 Å². The zero-order chi connectivity index (χ0) is 20.5. The average Bonchev–Trinajstić information content (AvgIpc) is 3.05. The van der Waals surface area contributed by atoms with E-state index in [2.05, 4.69) is 11.2 Å². The molecule has 3 aromatic rings. The molecule has 0 unspecified atom stereocenters. The fraction of sp³-hybridized carbons (Fsp3) is 0.304. The standard InChI is InChI=1S/C23H24ClN3O2/c1-15-13-16(2)27(25-15)14-17-6-8-18(9-7-17)23(28)26-12-4-5-19-20(24)10-11-21(29-3)22(19)26/h6-11,13H,4-5,12,14H2,1-3H3. The summed E-state index contributed by atoms with van der Waals surface area (Å²) in [6, 6.07) is 13.5. The van der Waals surface area contributed by atoms with Gasteiger partial charge in [0.2, 0.25) is 0 Å². The van der Waals surface area contributed by atoms with E-state index in [0.29, 0.717) is 29.4 Å². The van der Waals surface area contributed by atoms with Crippen LogP contribution in [0.3, 0.4) is 0 Å². The lowest BCUT2D eigenvalue weighted by molar-refractivity contribution is 0.0984. The first-order chi connectivity index (χ1) is 14.0. The normalized spacial score (nSPS) is 13.3. The highest BCUT2D eigenvalue weighted by molar-refractivity contribution is 6.32. The second kappa shape index (κ2) is 7.91. The summed E-state index contributed by atoms with van der Waals surface area (Å²) in [5.41, 5.74) is 5.65. The number of carbonyl (C=O) groups excluding carboxylic acids is 1. The quantitative estimate of drug-likeness (QED) is 0.621. The topological polar surface area (TPSA) is 47.4 Å². The molecule has 0 N–H and O–H groups in total. The van der Waals surface area contributed by atoms with Gasteiger partial charge in [-0.1, -0.05) is 23.7 Å². The lowest BCUT2D eigenvalue weighted by atomic mass is 9.99. The summed E-state index contributed by atoms with van der Waals surface area (Å²) in [4.78, 5) is 15.1. The summed E-state index contributed by atoms with van der Waals surface area (Å²) in [6.45, 7) is 5.37. The molecular formula is C23H24ClN3O2. The van der Waals surface area contributed by atoms with E-state index in [-0.39, 0.29) is 5.91 Å². The molecule has 0 aliphatic carbocycles. The zero-order valence-electron chi connectivity index (χ0n) is 16.9. The van der Waals surface area contributed by atoms with Crippen molar-refractivity contribution < 1.29 is 9.53 Å². The number of halogens is 1. The van der Waals surface area contributed by atoms with Crippen molar-refractivity contribution in [3.05, 3.63) is 75.6 Å². The largest absolute Gasteiger partial charge is 0.495 e. The van der Waals surface area contributed by atoms with E-state index in [1.807, 2.05) is 54.9 Å². The molecule has 1 aliphatic rings. The van der Waals surface area contributed by atoms with Crippen LogP contribution in [0.2, 0.25) is 5.02 Å². The number of aromatic nitrogens is 2. The number of hydrogen-bond donors (Lipinski definition) is 0. The Hall–Kier alpha value is -2.79. The van der Waals surface area contributed by atoms with Gasteiger partial charge in [0.25, 0.3) is 5.91 Å². The van der Waals surface area contributed by atoms with E-state index < -0.39 is 0 Å². The summed E-state index contributed by atoms with van der Waals surface area (Å²) in [5.74, 6) is 0.641. The van der Waals surface area contributed by atoms with Crippen molar-refractivity contribution in [3.8, 4) is 5.75 Å². The number of rotatable bonds is 4. The van der Waals surface area contributed by atoms with Gasteiger partial charge in [-0.3, -0.25) is 9.48 Å². The van der Waals surface area contributed by atoms with E-state index in [1.165, 1.54) is 0 Å². The van der Waals surface area contributed by atoms with Gasteiger partial charge in [-0.25, -0.2) is 0 Å². The fourth-order valence-corrected chi connectivity index (χ4v) is 4.18. The summed E-state index contributed by atoms with van der Waals surface area (Å²) in [6.07, 6.45) is 1.72. The first-order valence-electron chi connectivity index (χ1n) is 9.75. The Bertz CT molecular complexity index is 1060. The van der Waals surface area contributed by atoms with Crippen LogP contribution >= 0.6 is 11.6 Å². The third-order valence-corrected chi connectivity index (χ3v) is 5.72. The highest BCUT2D eigenvalue weighted by Gasteiger charge is 2.28. The molecule has 1 amide bonds. The van der Waals surface area contributed by atoms with Gasteiger partial charge in [0.15, 0.2) is 0 Å². The van der Waals surface area contributed by atoms with Gasteiger partial charge in [-0.2, -0.15) is 5.10 Å². The first kappa shape index (κ1) is 19.5. The van der Waals surface area contributed by atoms with Crippen LogP contribution in [0.4, 0.5) is 5.69 Å². The Morgan fingerprint density at radius 3 is 2.59 bits per heavy atom. The van der Waals surface area contributed by atoms with Gasteiger partial charge in [0.1, 0.15) is 5.75 Å². The van der Waals surface area contributed by atoms with Crippen LogP contribution < -0.4 is 9.64 Å². The van der Waals surface area contributed by atoms with Gasteiger partial charge in [0, 0.05) is 22.8 Å². The van der Waals surface area contributed by atoms with Crippen LogP contribution in [0.15, 0.2) is 42.5 Å². The van der Waals surface area contributed by atoms with E-state index in [1.54, 1.807) is 12.0 Å². The molecule has 1 aliphatic heterocycles. The minimum atomic E-state index is -0.0378. The van der Waals surface area contributed by atoms with Crippen molar-refractivity contribution in [2.45, 2.75) is 33.2 Å². The zero-order valence-corrected chi connectivity index (χ0v) is 17.7. The highest BCUT2D eigenvalue weighted by Crippen LogP contribution is 2.40. The number of fused-ring (bicyclic) bond motifs is 1. The molecule has 0 bridgehead atoms. The lowest BCUT2D eigenvalue weighted by Crippen LogP contribution is -2.36. The number of benzene rings is 2. The van der Waals surface area contributed by atoms with Crippen molar-refractivity contribution in [2.24, 2.45) is 0 Å². The molecule has 0 saturated carbocycles. The van der Waals surface area contributed by atoms with Crippen LogP contribution in [0.25, 0.3) is 0 Å². The predicted molar refractivity (Wildman–Crippen MR) is 115 cm³/mol. The number of ether oxygens (including phenoxy) is 1. The van der Waals surface area contributed by atoms with Crippen LogP contribution in [-0.2, 0) is 13.0 Å². The molecule has 2 heterocycles. The second-order valence-electron chi connectivity index (χ2n) is 7.42. The summed E-state index contributed by atoms with van der Waals surface area (Å²) in [5, 5.41) is 5.18. The number of nitrogens with zero attached hydrogens (tertiary/aromatic N) is 3. The number of amides is 1. The highest BCUT2D eigenvalue weighted by atomic mass is 35.5. The van der Waals surface area contributed by atoms with Crippen LogP contribution in [0, 0.1) is 13.8 Å². The second-order valence-corrected chi connectivity index (χ2v) is 7.83. The van der Waals surface area contributed by atoms with Crippen molar-refractivity contribution in [1.29, 1.82) is 0 Å². The van der Waals surface area contributed by atoms with E-state index >= 15 is 0 Å². The summed E-state index contributed by atoms with van der Waals surface area (Å²) >= 11 is 6.40. The molecule has 0 fully saturated rings. The van der Waals surface area contributed by atoms with Crippen LogP contribution in [0.1, 0.15) is 39.3 Å². The fourth-order valence-electron chi connectivity index (χ4n) is 3.93. The molecule has 1 aromatic heterocycles. The molecular weight excluding hydrogens is 386 g/mol. The third kappa shape index (κ3) is 3.75. The monoisotopic (exact) mass is 409 g/mol. The number of aryl methyl sites for hydroxylation is 2. The van der Waals surface area contributed by atoms with Crippen LogP contribution in [-0.4, -0.2) is 29.3 Å². The van der Waals surface area contributed by atoms with Crippen molar-refractivity contribution in [2.75, 3.05) is 18.6 Å². The van der Waals surface area contributed by atoms with Crippen molar-refractivity contribution in [3.63, 3.8) is 0 Å². The number of anilines is 1. The van der Waals surface area contributed by atoms with Gasteiger partial charge in [-0.05, 0) is 68.1 Å². The SMILES string of the molecule is COc1ccc(Cl)c2c1N(C(=O)c1ccc(Cn3nc(C)cc3C)cc1)CCC2. The van der Waals surface area contributed by atoms with Gasteiger partial charge < -0.3 is 9.64 Å². The van der Waals surface area contributed by atoms with Gasteiger partial charge in [0.05, 0.1) is 25.0 Å². The predicted octanol–water partition coefficient (Wildman–Crippen LogP) is 4.80. The molecule has 0 spiro atoms. The Kier molecular flexibility index (Phi) is 5.33. The number of methoxy groups -OCH3 is 1. The third-order valence-electron chi connectivity index (χ3n) is 5.37. The Morgan fingerprint density at radius 1 is 1.17 bits per heavy atom. The number of carbonyl (C=O) groups is 1. The smallest absolute Gasteiger partial charge is 0.258 e. The van der Waals surface area contributed by atoms with Crippen molar-refractivity contribution >= 4 is 23.2 Å². The van der Waals surface area contributed by atoms with E-state index in [9.17, 15) is 4.79 Å². The molecule has 2 aromatic carbocycles. The minimum absolute atomic E-state index is 0.0378. The molecule has 29 heavy (non-hydrogen) atoms.